The fourth-order valence-electron chi connectivity index (χ4n) is 0.167. The van der Waals surface area contributed by atoms with Crippen LogP contribution in [0.5, 0.6) is 0 Å². The summed E-state index contributed by atoms with van der Waals surface area (Å²) < 4.78 is 40.9. The molecule has 0 heterocycles. The van der Waals surface area contributed by atoms with Crippen molar-refractivity contribution in [2.75, 3.05) is 27.4 Å². The molecule has 2 N–H and O–H groups in total. The van der Waals surface area contributed by atoms with Crippen LogP contribution in [0.1, 0.15) is 0 Å². The van der Waals surface area contributed by atoms with Crippen LogP contribution < -0.4 is 0 Å². The van der Waals surface area contributed by atoms with Gasteiger partial charge in [-0.05, 0) is 0 Å². The minimum Gasteiger partial charge on any atom is -0.382 e. The van der Waals surface area contributed by atoms with E-state index in [1.807, 2.05) is 0 Å². The molecule has 0 saturated carbocycles. The van der Waals surface area contributed by atoms with Crippen molar-refractivity contribution < 1.29 is 27.0 Å². The minimum absolute atomic E-state index is 0.691. The van der Waals surface area contributed by atoms with E-state index >= 15 is 0 Å². The van der Waals surface area contributed by atoms with Crippen molar-refractivity contribution >= 4 is 10.4 Å². The molecule has 0 atom stereocenters. The van der Waals surface area contributed by atoms with Crippen LogP contribution in [0.2, 0.25) is 0 Å². The third kappa shape index (κ3) is 76.3. The summed E-state index contributed by atoms with van der Waals surface area (Å²) in [5, 5.41) is 0. The van der Waals surface area contributed by atoms with E-state index in [0.717, 1.165) is 0 Å². The second kappa shape index (κ2) is 7.89. The maximum absolute atomic E-state index is 8.74. The highest BCUT2D eigenvalue weighted by Gasteiger charge is 1.84. The average molecular weight is 188 g/mol. The predicted octanol–water partition coefficient (Wildman–Crippen LogP) is -0.374. The average Bonchev–Trinajstić information content (AvgIpc) is 1.79. The van der Waals surface area contributed by atoms with Crippen LogP contribution in [0.25, 0.3) is 0 Å². The van der Waals surface area contributed by atoms with Crippen LogP contribution in [0.4, 0.5) is 0 Å². The summed E-state index contributed by atoms with van der Waals surface area (Å²) in [7, 11) is -1.36. The Morgan fingerprint density at radius 1 is 1.09 bits per heavy atom. The van der Waals surface area contributed by atoms with Crippen LogP contribution >= 0.6 is 0 Å². The van der Waals surface area contributed by atoms with Crippen molar-refractivity contribution in [1.82, 2.24) is 0 Å². The molecule has 0 bridgehead atoms. The van der Waals surface area contributed by atoms with Gasteiger partial charge in [-0.1, -0.05) is 0 Å². The summed E-state index contributed by atoms with van der Waals surface area (Å²) in [4.78, 5) is 0. The Hall–Kier alpha value is -0.210. The SMILES string of the molecule is COCCOC.O=S(=O)(O)O. The number of ether oxygens (including phenoxy) is 2. The van der Waals surface area contributed by atoms with Gasteiger partial charge in [0.1, 0.15) is 0 Å². The molecule has 0 unspecified atom stereocenters. The molecule has 0 aliphatic heterocycles. The third-order valence-electron chi connectivity index (χ3n) is 0.492. The minimum atomic E-state index is -4.67. The predicted molar refractivity (Wildman–Crippen MR) is 37.9 cm³/mol. The molecule has 0 saturated heterocycles. The lowest BCUT2D eigenvalue weighted by Gasteiger charge is -1.91. The van der Waals surface area contributed by atoms with Crippen LogP contribution in [0.3, 0.4) is 0 Å². The second-order valence-corrected chi connectivity index (χ2v) is 2.33. The molecule has 70 valence electrons. The molecule has 0 aliphatic carbocycles. The van der Waals surface area contributed by atoms with Gasteiger partial charge in [-0.2, -0.15) is 8.42 Å². The van der Waals surface area contributed by atoms with E-state index in [1.165, 1.54) is 0 Å². The molecule has 0 fully saturated rings. The Morgan fingerprint density at radius 2 is 1.27 bits per heavy atom. The first-order valence-electron chi connectivity index (χ1n) is 2.59. The van der Waals surface area contributed by atoms with Gasteiger partial charge >= 0.3 is 10.4 Å². The van der Waals surface area contributed by atoms with Crippen LogP contribution in [0, 0.1) is 0 Å². The zero-order valence-corrected chi connectivity index (χ0v) is 7.17. The van der Waals surface area contributed by atoms with Gasteiger partial charge in [0.15, 0.2) is 0 Å². The largest absolute Gasteiger partial charge is 0.394 e. The molecule has 0 aromatic carbocycles. The maximum Gasteiger partial charge on any atom is 0.394 e. The second-order valence-electron chi connectivity index (χ2n) is 1.43. The van der Waals surface area contributed by atoms with Crippen molar-refractivity contribution in [3.05, 3.63) is 0 Å². The summed E-state index contributed by atoms with van der Waals surface area (Å²) in [5.74, 6) is 0. The number of methoxy groups -OCH3 is 2. The Balaban J connectivity index is 0. The lowest BCUT2D eigenvalue weighted by molar-refractivity contribution is 0.103. The van der Waals surface area contributed by atoms with Crippen molar-refractivity contribution in [2.45, 2.75) is 0 Å². The molecule has 0 spiro atoms. The fraction of sp³-hybridized carbons (Fsp3) is 1.00. The van der Waals surface area contributed by atoms with Gasteiger partial charge in [0, 0.05) is 14.2 Å². The molecule has 11 heavy (non-hydrogen) atoms. The van der Waals surface area contributed by atoms with E-state index in [0.29, 0.717) is 13.2 Å². The Bertz CT molecular complexity index is 138. The van der Waals surface area contributed by atoms with Gasteiger partial charge in [0.25, 0.3) is 0 Å². The molecule has 0 amide bonds. The Morgan fingerprint density at radius 3 is 1.36 bits per heavy atom. The molecular weight excluding hydrogens is 176 g/mol. The molecule has 0 aliphatic rings. The van der Waals surface area contributed by atoms with Crippen molar-refractivity contribution in [1.29, 1.82) is 0 Å². The summed E-state index contributed by atoms with van der Waals surface area (Å²) >= 11 is 0. The topological polar surface area (TPSA) is 93.1 Å². The first kappa shape index (κ1) is 13.4. The summed E-state index contributed by atoms with van der Waals surface area (Å²) in [6.45, 7) is 1.38. The third-order valence-corrected chi connectivity index (χ3v) is 0.492. The van der Waals surface area contributed by atoms with Gasteiger partial charge < -0.3 is 9.47 Å². The maximum atomic E-state index is 8.74. The standard InChI is InChI=1S/C4H10O2.H2O4S/c1-5-3-4-6-2;1-5(2,3)4/h3-4H2,1-2H3;(H2,1,2,3,4). The van der Waals surface area contributed by atoms with E-state index < -0.39 is 10.4 Å². The van der Waals surface area contributed by atoms with Crippen LogP contribution in [0.15, 0.2) is 0 Å². The summed E-state index contributed by atoms with van der Waals surface area (Å²) in [5.41, 5.74) is 0. The van der Waals surface area contributed by atoms with E-state index in [2.05, 4.69) is 9.47 Å². The number of rotatable bonds is 3. The zero-order chi connectivity index (χ0) is 9.33. The van der Waals surface area contributed by atoms with Gasteiger partial charge in [0.05, 0.1) is 13.2 Å². The van der Waals surface area contributed by atoms with E-state index in [4.69, 9.17) is 17.5 Å². The molecule has 0 radical (unpaired) electrons. The van der Waals surface area contributed by atoms with Crippen molar-refractivity contribution in [3.8, 4) is 0 Å². The van der Waals surface area contributed by atoms with Crippen molar-refractivity contribution in [3.63, 3.8) is 0 Å². The first-order valence-corrected chi connectivity index (χ1v) is 3.99. The molecule has 0 aromatic heterocycles. The smallest absolute Gasteiger partial charge is 0.382 e. The highest BCUT2D eigenvalue weighted by atomic mass is 32.3. The fourth-order valence-corrected chi connectivity index (χ4v) is 0.167. The lowest BCUT2D eigenvalue weighted by Crippen LogP contribution is -1.96. The molecule has 0 aromatic rings. The van der Waals surface area contributed by atoms with Crippen LogP contribution in [-0.4, -0.2) is 45.0 Å². The Kier molecular flexibility index (Phi) is 9.60. The zero-order valence-electron chi connectivity index (χ0n) is 6.35. The summed E-state index contributed by atoms with van der Waals surface area (Å²) in [6.07, 6.45) is 0. The van der Waals surface area contributed by atoms with Gasteiger partial charge in [-0.25, -0.2) is 0 Å². The molecule has 7 heteroatoms. The Labute approximate surface area is 65.7 Å². The van der Waals surface area contributed by atoms with Crippen molar-refractivity contribution in [2.24, 2.45) is 0 Å². The molecule has 0 rings (SSSR count). The van der Waals surface area contributed by atoms with E-state index in [1.54, 1.807) is 14.2 Å². The number of hydrogen-bond donors (Lipinski definition) is 2. The first-order chi connectivity index (χ1) is 4.91. The highest BCUT2D eigenvalue weighted by Crippen LogP contribution is 1.65. The summed E-state index contributed by atoms with van der Waals surface area (Å²) in [6, 6.07) is 0. The van der Waals surface area contributed by atoms with E-state index in [-0.39, 0.29) is 0 Å². The lowest BCUT2D eigenvalue weighted by atomic mass is 10.8. The van der Waals surface area contributed by atoms with Gasteiger partial charge in [0.2, 0.25) is 0 Å². The van der Waals surface area contributed by atoms with Gasteiger partial charge in [-0.15, -0.1) is 0 Å². The highest BCUT2D eigenvalue weighted by molar-refractivity contribution is 7.79. The van der Waals surface area contributed by atoms with E-state index in [9.17, 15) is 0 Å². The quantitative estimate of drug-likeness (QED) is 0.463. The molecular formula is C4H12O6S. The number of hydrogen-bond acceptors (Lipinski definition) is 4. The van der Waals surface area contributed by atoms with Gasteiger partial charge in [-0.3, -0.25) is 9.11 Å². The molecule has 6 nitrogen and oxygen atoms in total. The van der Waals surface area contributed by atoms with Crippen LogP contribution in [-0.2, 0) is 19.9 Å². The normalized spacial score (nSPS) is 10.2. The monoisotopic (exact) mass is 188 g/mol.